The Kier molecular flexibility index (Phi) is 6.01. The van der Waals surface area contributed by atoms with Crippen LogP contribution in [0.1, 0.15) is 52.5 Å². The van der Waals surface area contributed by atoms with E-state index in [0.717, 1.165) is 19.3 Å². The first-order valence-corrected chi connectivity index (χ1v) is 11.6. The number of rotatable bonds is 6. The van der Waals surface area contributed by atoms with E-state index in [0.29, 0.717) is 23.5 Å². The van der Waals surface area contributed by atoms with Crippen molar-refractivity contribution < 1.29 is 13.2 Å². The summed E-state index contributed by atoms with van der Waals surface area (Å²) in [6.45, 7) is 9.69. The van der Waals surface area contributed by atoms with Gasteiger partial charge < -0.3 is 5.32 Å². The van der Waals surface area contributed by atoms with E-state index in [9.17, 15) is 13.2 Å². The molecule has 1 aliphatic heterocycles. The van der Waals surface area contributed by atoms with Gasteiger partial charge in [-0.25, -0.2) is 8.42 Å². The molecule has 2 fully saturated rings. The molecule has 1 aromatic carbocycles. The number of sulfonamides is 1. The summed E-state index contributed by atoms with van der Waals surface area (Å²) in [7, 11) is -3.52. The molecule has 5 nitrogen and oxygen atoms in total. The highest BCUT2D eigenvalue weighted by Gasteiger charge is 2.60. The van der Waals surface area contributed by atoms with Gasteiger partial charge in [-0.05, 0) is 49.7 Å². The lowest BCUT2D eigenvalue weighted by Gasteiger charge is -2.26. The number of amides is 1. The minimum absolute atomic E-state index is 0.00215. The van der Waals surface area contributed by atoms with Crippen LogP contribution in [-0.2, 0) is 21.4 Å². The zero-order chi connectivity index (χ0) is 20.5. The molecule has 0 radical (unpaired) electrons. The maximum absolute atomic E-state index is 13.1. The van der Waals surface area contributed by atoms with Crippen molar-refractivity contribution in [3.63, 3.8) is 0 Å². The van der Waals surface area contributed by atoms with E-state index in [2.05, 4.69) is 25.2 Å². The van der Waals surface area contributed by atoms with Crippen LogP contribution < -0.4 is 5.32 Å². The maximum Gasteiger partial charge on any atom is 0.243 e. The monoisotopic (exact) mass is 404 g/mol. The summed E-state index contributed by atoms with van der Waals surface area (Å²) in [5.41, 5.74) is 1.81. The van der Waals surface area contributed by atoms with Crippen molar-refractivity contribution in [2.45, 2.75) is 58.4 Å². The van der Waals surface area contributed by atoms with Crippen molar-refractivity contribution in [1.29, 1.82) is 0 Å². The fourth-order valence-corrected chi connectivity index (χ4v) is 6.03. The first-order valence-electron chi connectivity index (χ1n) is 10.2. The second-order valence-electron chi connectivity index (χ2n) is 8.86. The zero-order valence-electron chi connectivity index (χ0n) is 17.4. The van der Waals surface area contributed by atoms with Crippen LogP contribution in [0.5, 0.6) is 0 Å². The Labute approximate surface area is 169 Å². The molecule has 0 aromatic heterocycles. The maximum atomic E-state index is 13.1. The lowest BCUT2D eigenvalue weighted by atomic mass is 10.1. The molecule has 3 rings (SSSR count). The van der Waals surface area contributed by atoms with Crippen molar-refractivity contribution >= 4 is 15.9 Å². The third kappa shape index (κ3) is 4.18. The summed E-state index contributed by atoms with van der Waals surface area (Å²) < 4.78 is 27.7. The number of carbonyl (C=O) groups excluding carboxylic acids is 1. The number of hydrogen-bond acceptors (Lipinski definition) is 3. The Hall–Kier alpha value is -1.66. The first-order chi connectivity index (χ1) is 13.2. The van der Waals surface area contributed by atoms with Crippen molar-refractivity contribution in [2.24, 2.45) is 17.3 Å². The lowest BCUT2D eigenvalue weighted by Crippen LogP contribution is -2.36. The van der Waals surface area contributed by atoms with E-state index in [1.807, 2.05) is 19.9 Å². The Bertz CT molecular complexity index is 864. The second-order valence-corrected chi connectivity index (χ2v) is 10.8. The molecule has 0 spiro atoms. The quantitative estimate of drug-likeness (QED) is 0.735. The van der Waals surface area contributed by atoms with Gasteiger partial charge in [-0.1, -0.05) is 50.1 Å². The number of allylic oxidation sites excluding steroid dienone is 2. The molecule has 1 aromatic rings. The summed E-state index contributed by atoms with van der Waals surface area (Å²) in [5, 5.41) is 2.98. The molecule has 1 saturated carbocycles. The van der Waals surface area contributed by atoms with E-state index in [1.54, 1.807) is 22.5 Å². The van der Waals surface area contributed by atoms with Crippen molar-refractivity contribution in [2.75, 3.05) is 13.1 Å². The Morgan fingerprint density at radius 3 is 2.46 bits per heavy atom. The fraction of sp³-hybridized carbons (Fsp3) is 0.591. The topological polar surface area (TPSA) is 66.5 Å². The van der Waals surface area contributed by atoms with Gasteiger partial charge in [-0.3, -0.25) is 4.79 Å². The molecule has 1 N–H and O–H groups in total. The molecule has 2 aliphatic rings. The third-order valence-electron chi connectivity index (χ3n) is 6.06. The number of hydrogen-bond donors (Lipinski definition) is 1. The molecule has 0 bridgehead atoms. The highest BCUT2D eigenvalue weighted by atomic mass is 32.2. The summed E-state index contributed by atoms with van der Waals surface area (Å²) in [6, 6.07) is 7.02. The van der Waals surface area contributed by atoms with E-state index in [1.165, 1.54) is 5.57 Å². The predicted octanol–water partition coefficient (Wildman–Crippen LogP) is 3.72. The van der Waals surface area contributed by atoms with Gasteiger partial charge in [0.15, 0.2) is 0 Å². The smallest absolute Gasteiger partial charge is 0.243 e. The van der Waals surface area contributed by atoms with Crippen LogP contribution >= 0.6 is 0 Å². The molecule has 1 aliphatic carbocycles. The molecule has 1 heterocycles. The zero-order valence-corrected chi connectivity index (χ0v) is 18.2. The van der Waals surface area contributed by atoms with Crippen LogP contribution in [0.25, 0.3) is 0 Å². The predicted molar refractivity (Wildman–Crippen MR) is 111 cm³/mol. The average Bonchev–Trinajstić information content (AvgIpc) is 3.20. The lowest BCUT2D eigenvalue weighted by molar-refractivity contribution is -0.123. The third-order valence-corrected chi connectivity index (χ3v) is 8.06. The first kappa shape index (κ1) is 21.1. The van der Waals surface area contributed by atoms with E-state index in [4.69, 9.17) is 0 Å². The van der Waals surface area contributed by atoms with Gasteiger partial charge in [0.25, 0.3) is 0 Å². The molecule has 2 unspecified atom stereocenters. The molecule has 1 saturated heterocycles. The van der Waals surface area contributed by atoms with Crippen molar-refractivity contribution in [3.05, 3.63) is 41.5 Å². The minimum Gasteiger partial charge on any atom is -0.352 e. The van der Waals surface area contributed by atoms with Crippen LogP contribution in [0, 0.1) is 17.3 Å². The van der Waals surface area contributed by atoms with Gasteiger partial charge in [0.1, 0.15) is 0 Å². The Morgan fingerprint density at radius 1 is 1.18 bits per heavy atom. The number of piperidine rings is 1. The minimum atomic E-state index is -3.52. The highest BCUT2D eigenvalue weighted by Crippen LogP contribution is 2.59. The van der Waals surface area contributed by atoms with Crippen LogP contribution in [0.15, 0.2) is 40.8 Å². The summed E-state index contributed by atoms with van der Waals surface area (Å²) >= 11 is 0. The van der Waals surface area contributed by atoms with Crippen molar-refractivity contribution in [1.82, 2.24) is 9.62 Å². The van der Waals surface area contributed by atoms with Gasteiger partial charge >= 0.3 is 0 Å². The summed E-state index contributed by atoms with van der Waals surface area (Å²) in [4.78, 5) is 13.1. The number of benzene rings is 1. The Morgan fingerprint density at radius 2 is 1.82 bits per heavy atom. The van der Waals surface area contributed by atoms with E-state index >= 15 is 0 Å². The van der Waals surface area contributed by atoms with Crippen LogP contribution in [0.2, 0.25) is 0 Å². The Balaban J connectivity index is 1.72. The van der Waals surface area contributed by atoms with Crippen LogP contribution in [0.3, 0.4) is 0 Å². The van der Waals surface area contributed by atoms with E-state index in [-0.39, 0.29) is 29.7 Å². The van der Waals surface area contributed by atoms with Gasteiger partial charge in [0.2, 0.25) is 15.9 Å². The fourth-order valence-electron chi connectivity index (χ4n) is 4.29. The second kappa shape index (κ2) is 7.99. The number of nitrogens with zero attached hydrogens (tertiary/aromatic N) is 1. The van der Waals surface area contributed by atoms with E-state index < -0.39 is 10.0 Å². The highest BCUT2D eigenvalue weighted by molar-refractivity contribution is 7.89. The number of nitrogens with one attached hydrogen (secondary N) is 1. The van der Waals surface area contributed by atoms with Gasteiger partial charge in [-0.15, -0.1) is 0 Å². The molecule has 1 amide bonds. The van der Waals surface area contributed by atoms with Gasteiger partial charge in [0, 0.05) is 19.6 Å². The largest absolute Gasteiger partial charge is 0.352 e. The van der Waals surface area contributed by atoms with Gasteiger partial charge in [0.05, 0.1) is 10.8 Å². The summed E-state index contributed by atoms with van der Waals surface area (Å²) in [6.07, 6.45) is 5.05. The van der Waals surface area contributed by atoms with Gasteiger partial charge in [-0.2, -0.15) is 4.31 Å². The number of carbonyl (C=O) groups is 1. The SMILES string of the molecule is CC(C)=CC1C(C(=O)NCc2ccccc2S(=O)(=O)N2CCCCC2)C1(C)C. The summed E-state index contributed by atoms with van der Waals surface area (Å²) in [5.74, 6) is 0.177. The van der Waals surface area contributed by atoms with Crippen LogP contribution in [-0.4, -0.2) is 31.7 Å². The standard InChI is InChI=1S/C22H32N2O3S/c1-16(2)14-18-20(22(18,3)4)21(25)23-15-17-10-6-7-11-19(17)28(26,27)24-12-8-5-9-13-24/h6-7,10-11,14,18,20H,5,8-9,12-13,15H2,1-4H3,(H,23,25). The average molecular weight is 405 g/mol. The molecule has 6 heteroatoms. The normalized spacial score (nSPS) is 24.4. The van der Waals surface area contributed by atoms with Crippen molar-refractivity contribution in [3.8, 4) is 0 Å². The molecular formula is C22H32N2O3S. The molecular weight excluding hydrogens is 372 g/mol. The molecule has 28 heavy (non-hydrogen) atoms. The molecule has 154 valence electrons. The molecule has 2 atom stereocenters. The van der Waals surface area contributed by atoms with Crippen LogP contribution in [0.4, 0.5) is 0 Å².